The number of nitrogens with one attached hydrogen (secondary N) is 1. The van der Waals surface area contributed by atoms with Gasteiger partial charge in [-0.25, -0.2) is 5.48 Å². The van der Waals surface area contributed by atoms with E-state index in [4.69, 9.17) is 22.2 Å². The van der Waals surface area contributed by atoms with Crippen LogP contribution in [0.5, 0.6) is 0 Å². The van der Waals surface area contributed by atoms with Gasteiger partial charge in [0.2, 0.25) is 11.8 Å². The molecule has 92 valence electrons. The molecule has 0 spiro atoms. The molecule has 0 radical (unpaired) electrons. The predicted molar refractivity (Wildman–Crippen MR) is 63.2 cm³/mol. The Morgan fingerprint density at radius 3 is 2.76 bits per heavy atom. The normalized spacial score (nSPS) is 10.0. The summed E-state index contributed by atoms with van der Waals surface area (Å²) < 4.78 is 0. The van der Waals surface area contributed by atoms with Crippen molar-refractivity contribution in [1.29, 1.82) is 0 Å². The number of carbonyl (C=O) groups is 2. The molecule has 0 bridgehead atoms. The van der Waals surface area contributed by atoms with Crippen LogP contribution in [-0.2, 0) is 16.2 Å². The van der Waals surface area contributed by atoms with Crippen molar-refractivity contribution in [2.45, 2.75) is 20.0 Å². The molecule has 1 rings (SSSR count). The molecule has 0 aromatic heterocycles. The molecule has 0 saturated carbocycles. The van der Waals surface area contributed by atoms with Crippen molar-refractivity contribution in [3.63, 3.8) is 0 Å². The molecule has 0 aliphatic carbocycles. The quantitative estimate of drug-likeness (QED) is 0.782. The zero-order valence-corrected chi connectivity index (χ0v) is 10.1. The van der Waals surface area contributed by atoms with E-state index >= 15 is 0 Å². The highest BCUT2D eigenvalue weighted by atomic mass is 35.5. The van der Waals surface area contributed by atoms with Crippen LogP contribution in [0, 0.1) is 0 Å². The van der Waals surface area contributed by atoms with Crippen LogP contribution >= 0.6 is 11.6 Å². The molecule has 0 fully saturated rings. The molecule has 1 aromatic rings. The molecule has 6 heteroatoms. The Labute approximate surface area is 104 Å². The van der Waals surface area contributed by atoms with Gasteiger partial charge in [0.1, 0.15) is 6.61 Å². The fraction of sp³-hybridized carbons (Fsp3) is 0.273. The molecule has 17 heavy (non-hydrogen) atoms. The Morgan fingerprint density at radius 2 is 2.18 bits per heavy atom. The second kappa shape index (κ2) is 6.22. The minimum atomic E-state index is -0.590. The smallest absolute Gasteiger partial charge is 0.249 e. The zero-order chi connectivity index (χ0) is 12.8. The molecule has 0 atom stereocenters. The third kappa shape index (κ3) is 3.72. The number of hydrogen-bond donors (Lipinski definition) is 2. The highest BCUT2D eigenvalue weighted by molar-refractivity contribution is 6.31. The molecular weight excluding hydrogens is 244 g/mol. The van der Waals surface area contributed by atoms with Crippen molar-refractivity contribution in [2.24, 2.45) is 5.73 Å². The van der Waals surface area contributed by atoms with Crippen LogP contribution in [0.25, 0.3) is 0 Å². The van der Waals surface area contributed by atoms with E-state index < -0.39 is 5.91 Å². The van der Waals surface area contributed by atoms with Crippen LogP contribution in [-0.4, -0.2) is 11.8 Å². The van der Waals surface area contributed by atoms with Gasteiger partial charge in [0.25, 0.3) is 0 Å². The monoisotopic (exact) mass is 256 g/mol. The number of rotatable bonds is 5. The van der Waals surface area contributed by atoms with Gasteiger partial charge in [-0.1, -0.05) is 24.6 Å². The predicted octanol–water partition coefficient (Wildman–Crippen LogP) is 1.40. The van der Waals surface area contributed by atoms with Gasteiger partial charge in [-0.2, -0.15) is 0 Å². The minimum absolute atomic E-state index is 0.0102. The molecule has 0 saturated heterocycles. The number of carbonyl (C=O) groups excluding carboxylic acids is 2. The van der Waals surface area contributed by atoms with Gasteiger partial charge in [0.15, 0.2) is 0 Å². The first-order chi connectivity index (χ1) is 8.06. The Bertz CT molecular complexity index is 435. The molecule has 2 amide bonds. The summed E-state index contributed by atoms with van der Waals surface area (Å²) in [6, 6.07) is 4.79. The first-order valence-electron chi connectivity index (χ1n) is 5.04. The molecule has 1 aromatic carbocycles. The number of hydroxylamine groups is 1. The van der Waals surface area contributed by atoms with Crippen LogP contribution < -0.4 is 11.2 Å². The Balaban J connectivity index is 2.76. The second-order valence-corrected chi connectivity index (χ2v) is 3.70. The van der Waals surface area contributed by atoms with Crippen LogP contribution in [0.15, 0.2) is 18.2 Å². The number of hydrogen-bond acceptors (Lipinski definition) is 3. The number of benzene rings is 1. The second-order valence-electron chi connectivity index (χ2n) is 3.30. The summed E-state index contributed by atoms with van der Waals surface area (Å²) >= 11 is 5.92. The molecule has 0 aliphatic heterocycles. The zero-order valence-electron chi connectivity index (χ0n) is 9.33. The van der Waals surface area contributed by atoms with E-state index in [9.17, 15) is 9.59 Å². The van der Waals surface area contributed by atoms with Gasteiger partial charge in [-0.15, -0.1) is 0 Å². The average molecular weight is 257 g/mol. The van der Waals surface area contributed by atoms with E-state index in [0.717, 1.165) is 0 Å². The highest BCUT2D eigenvalue weighted by Gasteiger charge is 2.12. The lowest BCUT2D eigenvalue weighted by atomic mass is 10.1. The van der Waals surface area contributed by atoms with E-state index in [1.165, 1.54) is 0 Å². The van der Waals surface area contributed by atoms with E-state index in [1.807, 2.05) is 0 Å². The van der Waals surface area contributed by atoms with Gasteiger partial charge in [0, 0.05) is 22.6 Å². The lowest BCUT2D eigenvalue weighted by molar-refractivity contribution is -0.134. The van der Waals surface area contributed by atoms with Crippen LogP contribution in [0.2, 0.25) is 5.02 Å². The summed E-state index contributed by atoms with van der Waals surface area (Å²) in [5.41, 5.74) is 8.16. The number of amides is 2. The number of primary amides is 1. The van der Waals surface area contributed by atoms with Gasteiger partial charge in [-0.05, 0) is 12.1 Å². The molecular formula is C11H13ClN2O3. The Hall–Kier alpha value is -1.59. The van der Waals surface area contributed by atoms with Crippen molar-refractivity contribution in [3.8, 4) is 0 Å². The van der Waals surface area contributed by atoms with E-state index in [0.29, 0.717) is 17.0 Å². The number of nitrogens with two attached hydrogens (primary N) is 1. The molecule has 0 heterocycles. The summed E-state index contributed by atoms with van der Waals surface area (Å²) in [6.07, 6.45) is 0.311. The third-order valence-electron chi connectivity index (χ3n) is 2.11. The number of halogens is 1. The Morgan fingerprint density at radius 1 is 1.47 bits per heavy atom. The van der Waals surface area contributed by atoms with Gasteiger partial charge in [-0.3, -0.25) is 14.4 Å². The maximum atomic E-state index is 11.1. The largest absolute Gasteiger partial charge is 0.366 e. The van der Waals surface area contributed by atoms with Crippen LogP contribution in [0.3, 0.4) is 0 Å². The molecule has 3 N–H and O–H groups in total. The lowest BCUT2D eigenvalue weighted by Gasteiger charge is -2.09. The summed E-state index contributed by atoms with van der Waals surface area (Å²) in [4.78, 5) is 27.0. The average Bonchev–Trinajstić information content (AvgIpc) is 2.30. The van der Waals surface area contributed by atoms with Crippen molar-refractivity contribution in [2.75, 3.05) is 0 Å². The van der Waals surface area contributed by atoms with Crippen molar-refractivity contribution >= 4 is 23.4 Å². The van der Waals surface area contributed by atoms with Crippen molar-refractivity contribution < 1.29 is 14.4 Å². The maximum absolute atomic E-state index is 11.1. The minimum Gasteiger partial charge on any atom is -0.366 e. The van der Waals surface area contributed by atoms with Crippen LogP contribution in [0.1, 0.15) is 29.3 Å². The lowest BCUT2D eigenvalue weighted by Crippen LogP contribution is -2.23. The molecule has 0 aliphatic rings. The SMILES string of the molecule is CCC(=O)NOCc1c(Cl)cccc1C(N)=O. The maximum Gasteiger partial charge on any atom is 0.249 e. The van der Waals surface area contributed by atoms with Gasteiger partial charge < -0.3 is 5.73 Å². The standard InChI is InChI=1S/C11H13ClN2O3/c1-2-10(15)14-17-6-8-7(11(13)16)4-3-5-9(8)12/h3-5H,2,6H2,1H3,(H2,13,16)(H,14,15). The molecule has 0 unspecified atom stereocenters. The first kappa shape index (κ1) is 13.5. The third-order valence-corrected chi connectivity index (χ3v) is 2.46. The van der Waals surface area contributed by atoms with E-state index in [2.05, 4.69) is 5.48 Å². The highest BCUT2D eigenvalue weighted by Crippen LogP contribution is 2.20. The van der Waals surface area contributed by atoms with E-state index in [1.54, 1.807) is 25.1 Å². The fourth-order valence-electron chi connectivity index (χ4n) is 1.20. The first-order valence-corrected chi connectivity index (χ1v) is 5.41. The van der Waals surface area contributed by atoms with Crippen molar-refractivity contribution in [1.82, 2.24) is 5.48 Å². The van der Waals surface area contributed by atoms with Crippen LogP contribution in [0.4, 0.5) is 0 Å². The fourth-order valence-corrected chi connectivity index (χ4v) is 1.43. The van der Waals surface area contributed by atoms with Crippen molar-refractivity contribution in [3.05, 3.63) is 34.3 Å². The molecule has 5 nitrogen and oxygen atoms in total. The summed E-state index contributed by atoms with van der Waals surface area (Å²) in [5.74, 6) is -0.842. The van der Waals surface area contributed by atoms with Gasteiger partial charge in [0.05, 0.1) is 0 Å². The van der Waals surface area contributed by atoms with E-state index in [-0.39, 0.29) is 18.1 Å². The summed E-state index contributed by atoms with van der Waals surface area (Å²) in [6.45, 7) is 1.69. The summed E-state index contributed by atoms with van der Waals surface area (Å²) in [7, 11) is 0. The van der Waals surface area contributed by atoms with Gasteiger partial charge >= 0.3 is 0 Å². The summed E-state index contributed by atoms with van der Waals surface area (Å²) in [5, 5.41) is 0.368. The topological polar surface area (TPSA) is 81.4 Å². The Kier molecular flexibility index (Phi) is 4.93.